The number of para-hydroxylation sites is 1. The predicted molar refractivity (Wildman–Crippen MR) is 86.8 cm³/mol. The number of carbonyl (C=O) groups excluding carboxylic acids is 2. The molecule has 1 aromatic rings. The second-order valence-electron chi connectivity index (χ2n) is 3.54. The van der Waals surface area contributed by atoms with Gasteiger partial charge in [0.05, 0.1) is 22.5 Å². The molecular formula is C14H16N4O2S. The summed E-state index contributed by atoms with van der Waals surface area (Å²) in [7, 11) is 0. The van der Waals surface area contributed by atoms with Crippen molar-refractivity contribution in [3.05, 3.63) is 41.3 Å². The van der Waals surface area contributed by atoms with Crippen LogP contribution >= 0.6 is 11.8 Å². The number of amides is 2. The Morgan fingerprint density at radius 2 is 1.95 bits per heavy atom. The molecule has 0 bridgehead atoms. The van der Waals surface area contributed by atoms with Crippen LogP contribution in [0.5, 0.6) is 0 Å². The summed E-state index contributed by atoms with van der Waals surface area (Å²) >= 11 is 0.770. The van der Waals surface area contributed by atoms with Crippen molar-refractivity contribution in [3.8, 4) is 0 Å². The van der Waals surface area contributed by atoms with Gasteiger partial charge in [0, 0.05) is 0 Å². The summed E-state index contributed by atoms with van der Waals surface area (Å²) in [6.45, 7) is 4.00. The van der Waals surface area contributed by atoms with Crippen LogP contribution in [0.3, 0.4) is 0 Å². The first kappa shape index (κ1) is 16.6. The molecule has 110 valence electrons. The maximum atomic E-state index is 11.2. The first-order chi connectivity index (χ1) is 10.1. The van der Waals surface area contributed by atoms with Crippen molar-refractivity contribution in [2.24, 2.45) is 5.10 Å². The van der Waals surface area contributed by atoms with Gasteiger partial charge in [0.1, 0.15) is 0 Å². The average molecular weight is 304 g/mol. The molecular weight excluding hydrogens is 288 g/mol. The normalized spacial score (nSPS) is 15.6. The second-order valence-corrected chi connectivity index (χ2v) is 4.56. The summed E-state index contributed by atoms with van der Waals surface area (Å²) in [5.74, 6) is -0.482. The van der Waals surface area contributed by atoms with Crippen molar-refractivity contribution in [2.45, 2.75) is 13.8 Å². The van der Waals surface area contributed by atoms with Gasteiger partial charge in [-0.2, -0.15) is 5.10 Å². The van der Waals surface area contributed by atoms with Crippen molar-refractivity contribution < 1.29 is 9.59 Å². The number of rotatable bonds is 4. The Morgan fingerprint density at radius 3 is 2.52 bits per heavy atom. The molecule has 1 aliphatic heterocycles. The molecule has 1 heterocycles. The average Bonchev–Trinajstić information content (AvgIpc) is 2.80. The van der Waals surface area contributed by atoms with Crippen LogP contribution in [-0.4, -0.2) is 23.1 Å². The zero-order chi connectivity index (χ0) is 15.7. The lowest BCUT2D eigenvalue weighted by atomic mass is 10.3. The Balaban J connectivity index is 0.00000106. The smallest absolute Gasteiger partial charge is 0.290 e. The number of imide groups is 1. The molecule has 2 rings (SSSR count). The Labute approximate surface area is 127 Å². The maximum Gasteiger partial charge on any atom is 0.290 e. The minimum Gasteiger partial charge on any atom is -0.299 e. The lowest BCUT2D eigenvalue weighted by molar-refractivity contribution is -0.115. The molecule has 1 fully saturated rings. The standard InChI is InChI=1S/C12H10N4O2S.C2H6/c13-8(6-10-11(17)15-12(18)19-10)7-14-16-9-4-2-1-3-5-9;1-2/h1-7,13,16H,(H,15,17,18);1-2H3/b10-6-,13-8?,14-7-;. The number of nitrogens with zero attached hydrogens (tertiary/aromatic N) is 1. The number of nitrogens with one attached hydrogen (secondary N) is 3. The first-order valence-electron chi connectivity index (χ1n) is 6.33. The molecule has 0 saturated carbocycles. The van der Waals surface area contributed by atoms with E-state index < -0.39 is 11.1 Å². The molecule has 0 unspecified atom stereocenters. The highest BCUT2D eigenvalue weighted by Gasteiger charge is 2.25. The molecule has 2 amide bonds. The van der Waals surface area contributed by atoms with Gasteiger partial charge in [-0.1, -0.05) is 32.0 Å². The Hall–Kier alpha value is -2.41. The molecule has 1 saturated heterocycles. The fourth-order valence-electron chi connectivity index (χ4n) is 1.29. The molecule has 0 atom stereocenters. The predicted octanol–water partition coefficient (Wildman–Crippen LogP) is 3.00. The van der Waals surface area contributed by atoms with E-state index in [-0.39, 0.29) is 10.6 Å². The van der Waals surface area contributed by atoms with Gasteiger partial charge in [0.2, 0.25) is 0 Å². The summed E-state index contributed by atoms with van der Waals surface area (Å²) in [6, 6.07) is 9.26. The molecule has 0 spiro atoms. The van der Waals surface area contributed by atoms with Gasteiger partial charge >= 0.3 is 0 Å². The van der Waals surface area contributed by atoms with E-state index in [4.69, 9.17) is 5.41 Å². The Morgan fingerprint density at radius 1 is 1.29 bits per heavy atom. The van der Waals surface area contributed by atoms with E-state index in [9.17, 15) is 9.59 Å². The lowest BCUT2D eigenvalue weighted by Gasteiger charge is -1.97. The molecule has 3 N–H and O–H groups in total. The summed E-state index contributed by atoms with van der Waals surface area (Å²) < 4.78 is 0. The van der Waals surface area contributed by atoms with Gasteiger partial charge in [-0.25, -0.2) is 0 Å². The number of thioether (sulfide) groups is 1. The third-order valence-corrected chi connectivity index (χ3v) is 2.91. The zero-order valence-electron chi connectivity index (χ0n) is 11.7. The van der Waals surface area contributed by atoms with E-state index in [1.54, 1.807) is 0 Å². The lowest BCUT2D eigenvalue weighted by Crippen LogP contribution is -2.18. The van der Waals surface area contributed by atoms with Crippen LogP contribution in [0.2, 0.25) is 0 Å². The number of benzene rings is 1. The summed E-state index contributed by atoms with van der Waals surface area (Å²) in [4.78, 5) is 22.4. The van der Waals surface area contributed by atoms with Gasteiger partial charge in [0.25, 0.3) is 11.1 Å². The van der Waals surface area contributed by atoms with E-state index >= 15 is 0 Å². The number of hydrogen-bond donors (Lipinski definition) is 3. The highest BCUT2D eigenvalue weighted by molar-refractivity contribution is 8.18. The van der Waals surface area contributed by atoms with E-state index in [0.29, 0.717) is 0 Å². The monoisotopic (exact) mass is 304 g/mol. The maximum absolute atomic E-state index is 11.2. The van der Waals surface area contributed by atoms with Crippen molar-refractivity contribution in [1.82, 2.24) is 5.32 Å². The topological polar surface area (TPSA) is 94.4 Å². The van der Waals surface area contributed by atoms with Crippen LogP contribution in [-0.2, 0) is 4.79 Å². The summed E-state index contributed by atoms with van der Waals surface area (Å²) in [5.41, 5.74) is 3.56. The van der Waals surface area contributed by atoms with Gasteiger partial charge in [-0.05, 0) is 30.0 Å². The van der Waals surface area contributed by atoms with Gasteiger partial charge in [-0.15, -0.1) is 0 Å². The molecule has 0 aromatic heterocycles. The molecule has 1 aliphatic rings. The highest BCUT2D eigenvalue weighted by atomic mass is 32.2. The molecule has 0 aliphatic carbocycles. The quantitative estimate of drug-likeness (QED) is 0.453. The minimum atomic E-state index is -0.482. The van der Waals surface area contributed by atoms with Crippen LogP contribution in [0.15, 0.2) is 46.4 Å². The van der Waals surface area contributed by atoms with Crippen LogP contribution in [0, 0.1) is 5.41 Å². The third kappa shape index (κ3) is 5.62. The molecule has 7 heteroatoms. The van der Waals surface area contributed by atoms with Crippen LogP contribution in [0.25, 0.3) is 0 Å². The van der Waals surface area contributed by atoms with Crippen LogP contribution in [0.1, 0.15) is 13.8 Å². The Kier molecular flexibility index (Phi) is 6.90. The SMILES string of the molecule is CC.N=C(/C=N\Nc1ccccc1)/C=C1\SC(=O)NC1=O. The number of allylic oxidation sites excluding steroid dienone is 1. The zero-order valence-corrected chi connectivity index (χ0v) is 12.5. The van der Waals surface area contributed by atoms with E-state index in [2.05, 4.69) is 15.8 Å². The molecule has 6 nitrogen and oxygen atoms in total. The number of carbonyl (C=O) groups is 2. The van der Waals surface area contributed by atoms with Crippen molar-refractivity contribution in [3.63, 3.8) is 0 Å². The summed E-state index contributed by atoms with van der Waals surface area (Å²) in [6.07, 6.45) is 2.55. The van der Waals surface area contributed by atoms with Gasteiger partial charge in [-0.3, -0.25) is 25.7 Å². The number of anilines is 1. The molecule has 21 heavy (non-hydrogen) atoms. The van der Waals surface area contributed by atoms with Crippen LogP contribution in [0.4, 0.5) is 10.5 Å². The van der Waals surface area contributed by atoms with Crippen molar-refractivity contribution >= 4 is 40.5 Å². The van der Waals surface area contributed by atoms with Crippen LogP contribution < -0.4 is 10.7 Å². The third-order valence-electron chi connectivity index (χ3n) is 2.10. The number of hydrazone groups is 1. The fourth-order valence-corrected chi connectivity index (χ4v) is 1.96. The largest absolute Gasteiger partial charge is 0.299 e. The minimum absolute atomic E-state index is 0.0239. The van der Waals surface area contributed by atoms with E-state index in [0.717, 1.165) is 17.4 Å². The van der Waals surface area contributed by atoms with Crippen molar-refractivity contribution in [1.29, 1.82) is 5.41 Å². The molecule has 1 aromatic carbocycles. The number of hydrogen-bond acceptors (Lipinski definition) is 6. The van der Waals surface area contributed by atoms with Crippen molar-refractivity contribution in [2.75, 3.05) is 5.43 Å². The van der Waals surface area contributed by atoms with E-state index in [1.807, 2.05) is 44.2 Å². The molecule has 0 radical (unpaired) electrons. The fraction of sp³-hybridized carbons (Fsp3) is 0.143. The van der Waals surface area contributed by atoms with Gasteiger partial charge < -0.3 is 0 Å². The first-order valence-corrected chi connectivity index (χ1v) is 7.14. The Bertz CT molecular complexity index is 582. The van der Waals surface area contributed by atoms with Gasteiger partial charge in [0.15, 0.2) is 0 Å². The second kappa shape index (κ2) is 8.70. The summed E-state index contributed by atoms with van der Waals surface area (Å²) in [5, 5.41) is 13.1. The van der Waals surface area contributed by atoms with E-state index in [1.165, 1.54) is 12.3 Å². The highest BCUT2D eigenvalue weighted by Crippen LogP contribution is 2.22.